The second-order valence-electron chi connectivity index (χ2n) is 9.11. The number of hydrogen-bond acceptors (Lipinski definition) is 5. The van der Waals surface area contributed by atoms with E-state index in [-0.39, 0.29) is 11.8 Å². The first kappa shape index (κ1) is 24.3. The molecule has 34 heavy (non-hydrogen) atoms. The van der Waals surface area contributed by atoms with Gasteiger partial charge in [0.1, 0.15) is 6.04 Å². The Bertz CT molecular complexity index is 940. The molecular weight excluding hydrogens is 455 g/mol. The van der Waals surface area contributed by atoms with Gasteiger partial charge in [0.2, 0.25) is 11.8 Å². The molecule has 3 amide bonds. The van der Waals surface area contributed by atoms with Gasteiger partial charge in [-0.15, -0.1) is 0 Å². The molecule has 11 heteroatoms. The van der Waals surface area contributed by atoms with Gasteiger partial charge in [-0.25, -0.2) is 4.79 Å². The number of benzene rings is 1. The van der Waals surface area contributed by atoms with E-state index in [4.69, 9.17) is 4.74 Å². The van der Waals surface area contributed by atoms with Crippen LogP contribution >= 0.6 is 0 Å². The van der Waals surface area contributed by atoms with Crippen LogP contribution in [0.4, 0.5) is 29.3 Å². The predicted octanol–water partition coefficient (Wildman–Crippen LogP) is 3.86. The van der Waals surface area contributed by atoms with E-state index in [9.17, 15) is 27.6 Å². The predicted molar refractivity (Wildman–Crippen MR) is 116 cm³/mol. The van der Waals surface area contributed by atoms with Crippen LogP contribution in [-0.2, 0) is 24.5 Å². The van der Waals surface area contributed by atoms with Crippen molar-refractivity contribution in [2.24, 2.45) is 5.92 Å². The van der Waals surface area contributed by atoms with Gasteiger partial charge in [0.15, 0.2) is 6.61 Å². The topological polar surface area (TPSA) is 106 Å². The molecule has 1 saturated carbocycles. The third kappa shape index (κ3) is 5.29. The Balaban J connectivity index is 1.47. The van der Waals surface area contributed by atoms with Gasteiger partial charge in [0.25, 0.3) is 0 Å². The summed E-state index contributed by atoms with van der Waals surface area (Å²) < 4.78 is 46.9. The summed E-state index contributed by atoms with van der Waals surface area (Å²) in [6, 6.07) is 4.11. The molecular formula is C23H28F3N3O5. The monoisotopic (exact) mass is 483 g/mol. The van der Waals surface area contributed by atoms with E-state index in [0.29, 0.717) is 50.3 Å². The van der Waals surface area contributed by atoms with E-state index in [1.807, 2.05) is 0 Å². The molecule has 4 rings (SSSR count). The average Bonchev–Trinajstić information content (AvgIpc) is 3.06. The van der Waals surface area contributed by atoms with Gasteiger partial charge in [-0.05, 0) is 49.3 Å². The van der Waals surface area contributed by atoms with Crippen LogP contribution in [0.25, 0.3) is 0 Å². The SMILES string of the molecule is O=C(N[C@H](C(=O)Nc1ccc2c(c1)NC(=O)C21CCOCC1)C1CCCCC1)OCC(F)(F)F. The van der Waals surface area contributed by atoms with Crippen LogP contribution in [-0.4, -0.2) is 49.9 Å². The number of rotatable bonds is 5. The number of fused-ring (bicyclic) bond motifs is 2. The molecule has 1 spiro atoms. The van der Waals surface area contributed by atoms with E-state index in [0.717, 1.165) is 24.8 Å². The molecule has 2 aliphatic heterocycles. The first-order chi connectivity index (χ1) is 16.2. The molecule has 3 aliphatic rings. The number of ether oxygens (including phenoxy) is 2. The first-order valence-electron chi connectivity index (χ1n) is 11.5. The third-order valence-corrected chi connectivity index (χ3v) is 6.88. The van der Waals surface area contributed by atoms with Crippen molar-refractivity contribution in [3.8, 4) is 0 Å². The van der Waals surface area contributed by atoms with Crippen molar-refractivity contribution in [1.29, 1.82) is 0 Å². The number of hydrogen-bond donors (Lipinski definition) is 3. The standard InChI is InChI=1S/C23H28F3N3O5/c24-23(25,26)13-34-21(32)29-18(14-4-2-1-3-5-14)19(30)27-15-6-7-16-17(12-15)28-20(31)22(16)8-10-33-11-9-22/h6-7,12,14,18H,1-5,8-11,13H2,(H,27,30)(H,28,31)(H,29,32)/t18-/m0/s1. The van der Waals surface area contributed by atoms with E-state index in [1.165, 1.54) is 0 Å². The molecule has 1 aromatic rings. The summed E-state index contributed by atoms with van der Waals surface area (Å²) >= 11 is 0. The van der Waals surface area contributed by atoms with Crippen molar-refractivity contribution in [2.75, 3.05) is 30.5 Å². The van der Waals surface area contributed by atoms with E-state index < -0.39 is 36.2 Å². The van der Waals surface area contributed by atoms with E-state index in [1.54, 1.807) is 18.2 Å². The molecule has 8 nitrogen and oxygen atoms in total. The molecule has 1 saturated heterocycles. The number of amides is 3. The second-order valence-corrected chi connectivity index (χ2v) is 9.11. The maximum absolute atomic E-state index is 13.1. The quantitative estimate of drug-likeness (QED) is 0.590. The molecule has 0 unspecified atom stereocenters. The minimum atomic E-state index is -4.66. The van der Waals surface area contributed by atoms with Gasteiger partial charge in [0, 0.05) is 24.6 Å². The van der Waals surface area contributed by atoms with Gasteiger partial charge >= 0.3 is 12.3 Å². The Morgan fingerprint density at radius 1 is 1.18 bits per heavy atom. The van der Waals surface area contributed by atoms with Crippen molar-refractivity contribution < 1.29 is 37.0 Å². The maximum Gasteiger partial charge on any atom is 0.422 e. The number of carbonyl (C=O) groups is 3. The third-order valence-electron chi connectivity index (χ3n) is 6.88. The Morgan fingerprint density at radius 2 is 1.88 bits per heavy atom. The van der Waals surface area contributed by atoms with Gasteiger partial charge in [0.05, 0.1) is 5.41 Å². The lowest BCUT2D eigenvalue weighted by atomic mass is 9.75. The van der Waals surface area contributed by atoms with Crippen molar-refractivity contribution in [1.82, 2.24) is 5.32 Å². The zero-order valence-electron chi connectivity index (χ0n) is 18.6. The van der Waals surface area contributed by atoms with Crippen molar-refractivity contribution in [3.63, 3.8) is 0 Å². The highest BCUT2D eigenvalue weighted by Crippen LogP contribution is 2.45. The van der Waals surface area contributed by atoms with Crippen LogP contribution in [0, 0.1) is 5.92 Å². The van der Waals surface area contributed by atoms with Gasteiger partial charge in [-0.3, -0.25) is 9.59 Å². The Labute approximate surface area is 194 Å². The average molecular weight is 483 g/mol. The van der Waals surface area contributed by atoms with Crippen LogP contribution in [0.5, 0.6) is 0 Å². The highest BCUT2D eigenvalue weighted by Gasteiger charge is 2.47. The van der Waals surface area contributed by atoms with Crippen LogP contribution in [0.1, 0.15) is 50.5 Å². The summed E-state index contributed by atoms with van der Waals surface area (Å²) in [5, 5.41) is 7.96. The summed E-state index contributed by atoms with van der Waals surface area (Å²) in [6.07, 6.45) is -0.723. The van der Waals surface area contributed by atoms with Crippen LogP contribution in [0.3, 0.4) is 0 Å². The van der Waals surface area contributed by atoms with Gasteiger partial charge in [-0.2, -0.15) is 13.2 Å². The van der Waals surface area contributed by atoms with E-state index in [2.05, 4.69) is 20.7 Å². The summed E-state index contributed by atoms with van der Waals surface area (Å²) in [6.45, 7) is -0.746. The minimum Gasteiger partial charge on any atom is -0.440 e. The Morgan fingerprint density at radius 3 is 2.56 bits per heavy atom. The molecule has 2 heterocycles. The molecule has 1 atom stereocenters. The van der Waals surface area contributed by atoms with Gasteiger partial charge < -0.3 is 25.4 Å². The van der Waals surface area contributed by atoms with Crippen LogP contribution in [0.2, 0.25) is 0 Å². The molecule has 1 aliphatic carbocycles. The van der Waals surface area contributed by atoms with Crippen LogP contribution in [0.15, 0.2) is 18.2 Å². The molecule has 1 aromatic carbocycles. The zero-order chi connectivity index (χ0) is 24.3. The smallest absolute Gasteiger partial charge is 0.422 e. The van der Waals surface area contributed by atoms with E-state index >= 15 is 0 Å². The van der Waals surface area contributed by atoms with Crippen molar-refractivity contribution in [2.45, 2.75) is 62.6 Å². The summed E-state index contributed by atoms with van der Waals surface area (Å²) in [4.78, 5) is 37.8. The zero-order valence-corrected chi connectivity index (χ0v) is 18.6. The second kappa shape index (κ2) is 9.81. The molecule has 0 radical (unpaired) electrons. The highest BCUT2D eigenvalue weighted by molar-refractivity contribution is 6.07. The fourth-order valence-corrected chi connectivity index (χ4v) is 5.12. The molecule has 2 fully saturated rings. The van der Waals surface area contributed by atoms with Gasteiger partial charge in [-0.1, -0.05) is 25.3 Å². The molecule has 3 N–H and O–H groups in total. The van der Waals surface area contributed by atoms with Crippen molar-refractivity contribution >= 4 is 29.3 Å². The highest BCUT2D eigenvalue weighted by atomic mass is 19.4. The number of alkyl halides is 3. The lowest BCUT2D eigenvalue weighted by molar-refractivity contribution is -0.160. The summed E-state index contributed by atoms with van der Waals surface area (Å²) in [5.41, 5.74) is 1.25. The fourth-order valence-electron chi connectivity index (χ4n) is 5.12. The van der Waals surface area contributed by atoms with Crippen molar-refractivity contribution in [3.05, 3.63) is 23.8 Å². The number of halogens is 3. The molecule has 0 aromatic heterocycles. The summed E-state index contributed by atoms with van der Waals surface area (Å²) in [5.74, 6) is -0.851. The van der Waals surface area contributed by atoms with Crippen LogP contribution < -0.4 is 16.0 Å². The maximum atomic E-state index is 13.1. The Kier molecular flexibility index (Phi) is 7.01. The normalized spacial score (nSPS) is 20.9. The number of carbonyl (C=O) groups excluding carboxylic acids is 3. The number of nitrogens with one attached hydrogen (secondary N) is 3. The number of anilines is 2. The lowest BCUT2D eigenvalue weighted by Crippen LogP contribution is -2.49. The number of alkyl carbamates (subject to hydrolysis) is 1. The molecule has 0 bridgehead atoms. The summed E-state index contributed by atoms with van der Waals surface area (Å²) in [7, 11) is 0. The first-order valence-corrected chi connectivity index (χ1v) is 11.5. The minimum absolute atomic E-state index is 0.0940. The largest absolute Gasteiger partial charge is 0.440 e. The lowest BCUT2D eigenvalue weighted by Gasteiger charge is -2.31. The molecule has 186 valence electrons. The fraction of sp³-hybridized carbons (Fsp3) is 0.609. The Hall–Kier alpha value is -2.82.